The van der Waals surface area contributed by atoms with Crippen LogP contribution in [-0.2, 0) is 6.54 Å². The Hall–Kier alpha value is -0.530. The van der Waals surface area contributed by atoms with Crippen molar-refractivity contribution in [3.8, 4) is 0 Å². The molecule has 1 aromatic carbocycles. The van der Waals surface area contributed by atoms with Gasteiger partial charge in [0.05, 0.1) is 0 Å². The van der Waals surface area contributed by atoms with Crippen LogP contribution in [-0.4, -0.2) is 6.54 Å². The summed E-state index contributed by atoms with van der Waals surface area (Å²) in [6.07, 6.45) is 6.99. The molecule has 1 aliphatic rings. The summed E-state index contributed by atoms with van der Waals surface area (Å²) in [4.78, 5) is 0. The van der Waals surface area contributed by atoms with Gasteiger partial charge in [0.15, 0.2) is 0 Å². The third-order valence-corrected chi connectivity index (χ3v) is 4.50. The van der Waals surface area contributed by atoms with Crippen LogP contribution in [0.5, 0.6) is 0 Å². The van der Waals surface area contributed by atoms with E-state index in [1.807, 2.05) is 12.1 Å². The first kappa shape index (κ1) is 14.9. The molecule has 1 saturated carbocycles. The maximum atomic E-state index is 5.91. The van der Waals surface area contributed by atoms with Gasteiger partial charge in [-0.1, -0.05) is 50.4 Å². The zero-order chi connectivity index (χ0) is 13.7. The maximum absolute atomic E-state index is 5.91. The Kier molecular flexibility index (Phi) is 5.29. The van der Waals surface area contributed by atoms with Crippen molar-refractivity contribution in [2.45, 2.75) is 52.5 Å². The summed E-state index contributed by atoms with van der Waals surface area (Å²) >= 11 is 5.91. The molecule has 0 unspecified atom stereocenters. The predicted octanol–water partition coefficient (Wildman–Crippen LogP) is 5.04. The number of nitrogens with one attached hydrogen (secondary N) is 1. The lowest BCUT2D eigenvalue weighted by atomic mass is 9.78. The van der Waals surface area contributed by atoms with Gasteiger partial charge in [-0.25, -0.2) is 0 Å². The second-order valence-electron chi connectivity index (χ2n) is 6.54. The van der Waals surface area contributed by atoms with Crippen LogP contribution in [0.4, 0.5) is 0 Å². The molecule has 0 radical (unpaired) electrons. The normalized spacial score (nSPS) is 18.1. The fourth-order valence-corrected chi connectivity index (χ4v) is 3.64. The van der Waals surface area contributed by atoms with Crippen LogP contribution < -0.4 is 5.32 Å². The summed E-state index contributed by atoms with van der Waals surface area (Å²) < 4.78 is 0. The zero-order valence-electron chi connectivity index (χ0n) is 12.2. The SMILES string of the molecule is CC(C)CC1(CNCc2ccc(Cl)cc2)CCCC1. The Labute approximate surface area is 122 Å². The van der Waals surface area contributed by atoms with Crippen molar-refractivity contribution in [1.29, 1.82) is 0 Å². The Morgan fingerprint density at radius 2 is 1.79 bits per heavy atom. The van der Waals surface area contributed by atoms with Gasteiger partial charge in [-0.3, -0.25) is 0 Å². The molecule has 0 heterocycles. The van der Waals surface area contributed by atoms with Crippen molar-refractivity contribution in [3.05, 3.63) is 34.9 Å². The molecule has 1 fully saturated rings. The van der Waals surface area contributed by atoms with Gasteiger partial charge in [-0.05, 0) is 48.3 Å². The number of halogens is 1. The molecule has 1 aliphatic carbocycles. The monoisotopic (exact) mass is 279 g/mol. The Morgan fingerprint density at radius 1 is 1.16 bits per heavy atom. The van der Waals surface area contributed by atoms with E-state index < -0.39 is 0 Å². The fourth-order valence-electron chi connectivity index (χ4n) is 3.52. The van der Waals surface area contributed by atoms with Gasteiger partial charge >= 0.3 is 0 Å². The summed E-state index contributed by atoms with van der Waals surface area (Å²) in [5, 5.41) is 4.48. The van der Waals surface area contributed by atoms with Gasteiger partial charge in [-0.2, -0.15) is 0 Å². The molecule has 0 saturated heterocycles. The Bertz CT molecular complexity index is 377. The molecule has 1 N–H and O–H groups in total. The van der Waals surface area contributed by atoms with Crippen molar-refractivity contribution in [3.63, 3.8) is 0 Å². The third-order valence-electron chi connectivity index (χ3n) is 4.25. The first-order chi connectivity index (χ1) is 9.10. The molecule has 1 nitrogen and oxygen atoms in total. The highest BCUT2D eigenvalue weighted by atomic mass is 35.5. The van der Waals surface area contributed by atoms with Gasteiger partial charge in [-0.15, -0.1) is 0 Å². The van der Waals surface area contributed by atoms with Gasteiger partial charge in [0.2, 0.25) is 0 Å². The van der Waals surface area contributed by atoms with Crippen LogP contribution in [0, 0.1) is 11.3 Å². The van der Waals surface area contributed by atoms with E-state index in [1.54, 1.807) is 0 Å². The quantitative estimate of drug-likeness (QED) is 0.769. The topological polar surface area (TPSA) is 12.0 Å². The summed E-state index contributed by atoms with van der Waals surface area (Å²) in [6.45, 7) is 6.81. The number of hydrogen-bond donors (Lipinski definition) is 1. The minimum atomic E-state index is 0.556. The van der Waals surface area contributed by atoms with Crippen molar-refractivity contribution in [2.75, 3.05) is 6.54 Å². The van der Waals surface area contributed by atoms with E-state index >= 15 is 0 Å². The zero-order valence-corrected chi connectivity index (χ0v) is 13.0. The largest absolute Gasteiger partial charge is 0.312 e. The van der Waals surface area contributed by atoms with Gasteiger partial charge in [0.1, 0.15) is 0 Å². The van der Waals surface area contributed by atoms with E-state index in [0.717, 1.165) is 24.0 Å². The highest BCUT2D eigenvalue weighted by Crippen LogP contribution is 2.42. The van der Waals surface area contributed by atoms with Crippen molar-refractivity contribution in [2.24, 2.45) is 11.3 Å². The average molecular weight is 280 g/mol. The lowest BCUT2D eigenvalue weighted by Crippen LogP contribution is -2.33. The minimum absolute atomic E-state index is 0.556. The molecule has 19 heavy (non-hydrogen) atoms. The average Bonchev–Trinajstić information content (AvgIpc) is 2.79. The molecule has 0 atom stereocenters. The van der Waals surface area contributed by atoms with Crippen LogP contribution in [0.25, 0.3) is 0 Å². The third kappa shape index (κ3) is 4.50. The van der Waals surface area contributed by atoms with Crippen molar-refractivity contribution in [1.82, 2.24) is 5.32 Å². The molecule has 0 amide bonds. The molecule has 0 spiro atoms. The first-order valence-corrected chi connectivity index (χ1v) is 7.93. The highest BCUT2D eigenvalue weighted by Gasteiger charge is 2.33. The molecule has 0 bridgehead atoms. The van der Waals surface area contributed by atoms with Crippen molar-refractivity contribution >= 4 is 11.6 Å². The van der Waals surface area contributed by atoms with E-state index in [0.29, 0.717) is 5.41 Å². The van der Waals surface area contributed by atoms with E-state index in [9.17, 15) is 0 Å². The molecule has 106 valence electrons. The van der Waals surface area contributed by atoms with E-state index in [2.05, 4.69) is 31.3 Å². The van der Waals surface area contributed by atoms with Crippen LogP contribution in [0.1, 0.15) is 51.5 Å². The molecular weight excluding hydrogens is 254 g/mol. The Balaban J connectivity index is 1.84. The predicted molar refractivity (Wildman–Crippen MR) is 83.5 cm³/mol. The Morgan fingerprint density at radius 3 is 2.37 bits per heavy atom. The van der Waals surface area contributed by atoms with E-state index in [4.69, 9.17) is 11.6 Å². The number of benzene rings is 1. The molecular formula is C17H26ClN. The highest BCUT2D eigenvalue weighted by molar-refractivity contribution is 6.30. The van der Waals surface area contributed by atoms with Crippen LogP contribution in [0.2, 0.25) is 5.02 Å². The number of hydrogen-bond acceptors (Lipinski definition) is 1. The number of rotatable bonds is 6. The van der Waals surface area contributed by atoms with Crippen molar-refractivity contribution < 1.29 is 0 Å². The fraction of sp³-hybridized carbons (Fsp3) is 0.647. The molecule has 0 aliphatic heterocycles. The lowest BCUT2D eigenvalue weighted by Gasteiger charge is -2.31. The van der Waals surface area contributed by atoms with E-state index in [-0.39, 0.29) is 0 Å². The van der Waals surface area contributed by atoms with Gasteiger partial charge in [0, 0.05) is 18.1 Å². The molecule has 0 aromatic heterocycles. The maximum Gasteiger partial charge on any atom is 0.0406 e. The van der Waals surface area contributed by atoms with Crippen LogP contribution in [0.3, 0.4) is 0 Å². The van der Waals surface area contributed by atoms with Gasteiger partial charge in [0.25, 0.3) is 0 Å². The van der Waals surface area contributed by atoms with Crippen LogP contribution in [0.15, 0.2) is 24.3 Å². The minimum Gasteiger partial charge on any atom is -0.312 e. The standard InChI is InChI=1S/C17H26ClN/c1-14(2)11-17(9-3-4-10-17)13-19-12-15-5-7-16(18)8-6-15/h5-8,14,19H,3-4,9-13H2,1-2H3. The summed E-state index contributed by atoms with van der Waals surface area (Å²) in [5.74, 6) is 0.801. The second kappa shape index (κ2) is 6.76. The molecule has 2 heteroatoms. The molecule has 2 rings (SSSR count). The second-order valence-corrected chi connectivity index (χ2v) is 6.97. The summed E-state index contributed by atoms with van der Waals surface area (Å²) in [5.41, 5.74) is 1.88. The van der Waals surface area contributed by atoms with E-state index in [1.165, 1.54) is 37.7 Å². The lowest BCUT2D eigenvalue weighted by molar-refractivity contribution is 0.223. The smallest absolute Gasteiger partial charge is 0.0406 e. The van der Waals surface area contributed by atoms with Crippen LogP contribution >= 0.6 is 11.6 Å². The molecule has 1 aromatic rings. The summed E-state index contributed by atoms with van der Waals surface area (Å²) in [6, 6.07) is 8.16. The van der Waals surface area contributed by atoms with Gasteiger partial charge < -0.3 is 5.32 Å². The first-order valence-electron chi connectivity index (χ1n) is 7.55. The summed E-state index contributed by atoms with van der Waals surface area (Å²) in [7, 11) is 0.